The molecule has 2 nitrogen and oxygen atoms in total. The average Bonchev–Trinajstić information content (AvgIpc) is 2.91. The molecule has 1 aliphatic rings. The lowest BCUT2D eigenvalue weighted by Crippen LogP contribution is -2.05. The molecular formula is C15H16O2. The standard InChI is InChI=1S/C15H16O2/c16-15(14-7-8-17-10-14)13-6-5-11-3-1-2-4-12(11)9-13/h5-10,15-16H,1-4H2. The van der Waals surface area contributed by atoms with Crippen LogP contribution >= 0.6 is 0 Å². The van der Waals surface area contributed by atoms with Crippen molar-refractivity contribution in [1.82, 2.24) is 0 Å². The molecule has 3 rings (SSSR count). The predicted molar refractivity (Wildman–Crippen MR) is 65.9 cm³/mol. The van der Waals surface area contributed by atoms with Gasteiger partial charge in [0.25, 0.3) is 0 Å². The highest BCUT2D eigenvalue weighted by molar-refractivity contribution is 5.37. The summed E-state index contributed by atoms with van der Waals surface area (Å²) in [6.07, 6.45) is 7.50. The first-order valence-electron chi connectivity index (χ1n) is 6.16. The van der Waals surface area contributed by atoms with Crippen LogP contribution in [0, 0.1) is 0 Å². The van der Waals surface area contributed by atoms with Gasteiger partial charge in [0.2, 0.25) is 0 Å². The van der Waals surface area contributed by atoms with Crippen LogP contribution in [0.4, 0.5) is 0 Å². The zero-order valence-corrected chi connectivity index (χ0v) is 9.73. The van der Waals surface area contributed by atoms with Gasteiger partial charge in [0.1, 0.15) is 6.10 Å². The summed E-state index contributed by atoms with van der Waals surface area (Å²) >= 11 is 0. The second-order valence-corrected chi connectivity index (χ2v) is 4.69. The van der Waals surface area contributed by atoms with Crippen LogP contribution in [0.5, 0.6) is 0 Å². The summed E-state index contributed by atoms with van der Waals surface area (Å²) in [5.74, 6) is 0. The van der Waals surface area contributed by atoms with Crippen molar-refractivity contribution in [3.63, 3.8) is 0 Å². The second-order valence-electron chi connectivity index (χ2n) is 4.69. The van der Waals surface area contributed by atoms with E-state index in [1.165, 1.54) is 30.4 Å². The zero-order valence-electron chi connectivity index (χ0n) is 9.73. The van der Waals surface area contributed by atoms with E-state index in [0.29, 0.717) is 0 Å². The topological polar surface area (TPSA) is 33.4 Å². The summed E-state index contributed by atoms with van der Waals surface area (Å²) < 4.78 is 5.01. The zero-order chi connectivity index (χ0) is 11.7. The fourth-order valence-corrected chi connectivity index (χ4v) is 2.55. The van der Waals surface area contributed by atoms with Crippen molar-refractivity contribution in [3.8, 4) is 0 Å². The second kappa shape index (κ2) is 4.38. The number of aryl methyl sites for hydroxylation is 2. The number of rotatable bonds is 2. The molecule has 17 heavy (non-hydrogen) atoms. The van der Waals surface area contributed by atoms with Gasteiger partial charge in [0.15, 0.2) is 0 Å². The molecule has 0 bridgehead atoms. The van der Waals surface area contributed by atoms with E-state index in [9.17, 15) is 5.11 Å². The summed E-state index contributed by atoms with van der Waals surface area (Å²) in [5.41, 5.74) is 4.63. The molecule has 0 saturated carbocycles. The Labute approximate surface area is 101 Å². The van der Waals surface area contributed by atoms with E-state index in [1.807, 2.05) is 12.1 Å². The van der Waals surface area contributed by atoms with Gasteiger partial charge in [0, 0.05) is 5.56 Å². The van der Waals surface area contributed by atoms with Gasteiger partial charge in [-0.05, 0) is 48.4 Å². The minimum atomic E-state index is -0.569. The average molecular weight is 228 g/mol. The maximum atomic E-state index is 10.2. The van der Waals surface area contributed by atoms with Crippen molar-refractivity contribution in [3.05, 3.63) is 59.0 Å². The van der Waals surface area contributed by atoms with Gasteiger partial charge in [-0.2, -0.15) is 0 Å². The normalized spacial score (nSPS) is 16.5. The molecule has 2 heteroatoms. The van der Waals surface area contributed by atoms with Crippen molar-refractivity contribution < 1.29 is 9.52 Å². The number of aliphatic hydroxyl groups excluding tert-OH is 1. The lowest BCUT2D eigenvalue weighted by Gasteiger charge is -2.18. The van der Waals surface area contributed by atoms with Crippen LogP contribution in [0.3, 0.4) is 0 Å². The van der Waals surface area contributed by atoms with E-state index in [0.717, 1.165) is 17.5 Å². The van der Waals surface area contributed by atoms with E-state index >= 15 is 0 Å². The monoisotopic (exact) mass is 228 g/mol. The maximum Gasteiger partial charge on any atom is 0.107 e. The van der Waals surface area contributed by atoms with Gasteiger partial charge in [-0.1, -0.05) is 18.2 Å². The third-order valence-corrected chi connectivity index (χ3v) is 3.55. The number of furan rings is 1. The van der Waals surface area contributed by atoms with Crippen LogP contribution in [0.25, 0.3) is 0 Å². The molecule has 1 atom stereocenters. The van der Waals surface area contributed by atoms with Crippen molar-refractivity contribution in [2.45, 2.75) is 31.8 Å². The maximum absolute atomic E-state index is 10.2. The first kappa shape index (κ1) is 10.6. The Morgan fingerprint density at radius 3 is 2.59 bits per heavy atom. The molecule has 0 fully saturated rings. The summed E-state index contributed by atoms with van der Waals surface area (Å²) in [6, 6.07) is 8.14. The van der Waals surface area contributed by atoms with Crippen molar-refractivity contribution in [2.75, 3.05) is 0 Å². The Morgan fingerprint density at radius 1 is 1.00 bits per heavy atom. The Morgan fingerprint density at radius 2 is 1.82 bits per heavy atom. The predicted octanol–water partition coefficient (Wildman–Crippen LogP) is 3.24. The number of benzene rings is 1. The van der Waals surface area contributed by atoms with Gasteiger partial charge in [0.05, 0.1) is 12.5 Å². The molecule has 0 amide bonds. The molecular weight excluding hydrogens is 212 g/mol. The molecule has 0 radical (unpaired) electrons. The first-order valence-corrected chi connectivity index (χ1v) is 6.16. The molecule has 1 heterocycles. The highest BCUT2D eigenvalue weighted by atomic mass is 16.3. The summed E-state index contributed by atoms with van der Waals surface area (Å²) in [4.78, 5) is 0. The van der Waals surface area contributed by atoms with Gasteiger partial charge in [-0.15, -0.1) is 0 Å². The van der Waals surface area contributed by atoms with E-state index in [1.54, 1.807) is 12.5 Å². The van der Waals surface area contributed by atoms with Gasteiger partial charge in [-0.3, -0.25) is 0 Å². The van der Waals surface area contributed by atoms with Gasteiger partial charge < -0.3 is 9.52 Å². The van der Waals surface area contributed by atoms with E-state index in [-0.39, 0.29) is 0 Å². The molecule has 0 aliphatic heterocycles. The van der Waals surface area contributed by atoms with Crippen LogP contribution in [-0.2, 0) is 12.8 Å². The minimum absolute atomic E-state index is 0.569. The number of fused-ring (bicyclic) bond motifs is 1. The fourth-order valence-electron chi connectivity index (χ4n) is 2.55. The molecule has 0 spiro atoms. The van der Waals surface area contributed by atoms with Crippen LogP contribution in [0.2, 0.25) is 0 Å². The molecule has 1 aromatic carbocycles. The quantitative estimate of drug-likeness (QED) is 0.856. The third-order valence-electron chi connectivity index (χ3n) is 3.55. The van der Waals surface area contributed by atoms with Crippen molar-refractivity contribution >= 4 is 0 Å². The van der Waals surface area contributed by atoms with Crippen LogP contribution in [-0.4, -0.2) is 5.11 Å². The fraction of sp³-hybridized carbons (Fsp3) is 0.333. The van der Waals surface area contributed by atoms with Crippen LogP contribution < -0.4 is 0 Å². The van der Waals surface area contributed by atoms with Crippen LogP contribution in [0.15, 0.2) is 41.2 Å². The number of hydrogen-bond donors (Lipinski definition) is 1. The SMILES string of the molecule is OC(c1ccoc1)c1ccc2c(c1)CCCC2. The Kier molecular flexibility index (Phi) is 2.73. The summed E-state index contributed by atoms with van der Waals surface area (Å²) in [6.45, 7) is 0. The molecule has 1 N–H and O–H groups in total. The summed E-state index contributed by atoms with van der Waals surface area (Å²) in [5, 5.41) is 10.2. The van der Waals surface area contributed by atoms with E-state index in [2.05, 4.69) is 12.1 Å². The largest absolute Gasteiger partial charge is 0.472 e. The number of hydrogen-bond acceptors (Lipinski definition) is 2. The molecule has 88 valence electrons. The van der Waals surface area contributed by atoms with Crippen molar-refractivity contribution in [2.24, 2.45) is 0 Å². The third kappa shape index (κ3) is 2.01. The summed E-state index contributed by atoms with van der Waals surface area (Å²) in [7, 11) is 0. The molecule has 1 aliphatic carbocycles. The highest BCUT2D eigenvalue weighted by Crippen LogP contribution is 2.27. The smallest absolute Gasteiger partial charge is 0.107 e. The molecule has 0 saturated heterocycles. The lowest BCUT2D eigenvalue weighted by atomic mass is 9.89. The lowest BCUT2D eigenvalue weighted by molar-refractivity contribution is 0.219. The Bertz CT molecular complexity index is 500. The van der Waals surface area contributed by atoms with E-state index < -0.39 is 6.10 Å². The van der Waals surface area contributed by atoms with E-state index in [4.69, 9.17) is 4.42 Å². The van der Waals surface area contributed by atoms with Gasteiger partial charge in [-0.25, -0.2) is 0 Å². The molecule has 2 aromatic rings. The number of aliphatic hydroxyl groups is 1. The Balaban J connectivity index is 1.93. The minimum Gasteiger partial charge on any atom is -0.472 e. The molecule has 1 aromatic heterocycles. The van der Waals surface area contributed by atoms with Gasteiger partial charge >= 0.3 is 0 Å². The van der Waals surface area contributed by atoms with Crippen molar-refractivity contribution in [1.29, 1.82) is 0 Å². The highest BCUT2D eigenvalue weighted by Gasteiger charge is 2.15. The first-order chi connectivity index (χ1) is 8.34. The molecule has 1 unspecified atom stereocenters. The van der Waals surface area contributed by atoms with Crippen LogP contribution in [0.1, 0.15) is 41.2 Å². The Hall–Kier alpha value is -1.54.